The number of benzene rings is 6. The SMILES string of the molecule is COc1ccc2cc1Oc1ccc(cc1)CC1c3cc(c(OC)cc3CCN1C)Oc1c(OC)c(OC)cc3c1C(C2)N(C)CC3.O=C(CCCN1CCC(O)(c2ccc(Cl)cc2)CC1)c1ccc(F)cc1. The highest BCUT2D eigenvalue weighted by molar-refractivity contribution is 6.30. The average molecular weight is 999 g/mol. The van der Waals surface area contributed by atoms with E-state index in [9.17, 15) is 14.3 Å². The summed E-state index contributed by atoms with van der Waals surface area (Å²) in [4.78, 5) is 19.2. The normalized spacial score (nSPS) is 18.5. The quantitative estimate of drug-likeness (QED) is 0.133. The van der Waals surface area contributed by atoms with Crippen molar-refractivity contribution in [3.8, 4) is 46.0 Å². The number of halogens is 2. The van der Waals surface area contributed by atoms with Crippen LogP contribution >= 0.6 is 11.6 Å². The predicted molar refractivity (Wildman–Crippen MR) is 279 cm³/mol. The Morgan fingerprint density at radius 2 is 1.32 bits per heavy atom. The highest BCUT2D eigenvalue weighted by Gasteiger charge is 2.36. The van der Waals surface area contributed by atoms with E-state index in [1.807, 2.05) is 42.5 Å². The Kier molecular flexibility index (Phi) is 15.7. The summed E-state index contributed by atoms with van der Waals surface area (Å²) in [6, 6.07) is 34.3. The minimum atomic E-state index is -0.801. The van der Waals surface area contributed by atoms with Gasteiger partial charge in [0.15, 0.2) is 40.3 Å². The van der Waals surface area contributed by atoms with Gasteiger partial charge in [-0.05, 0) is 178 Å². The van der Waals surface area contributed by atoms with Crippen molar-refractivity contribution in [2.75, 3.05) is 75.3 Å². The molecular weight excluding hydrogens is 933 g/mol. The third-order valence-corrected chi connectivity index (χ3v) is 15.2. The molecule has 6 bridgehead atoms. The number of hydrogen-bond donors (Lipinski definition) is 1. The third-order valence-electron chi connectivity index (χ3n) is 15.0. The number of aliphatic hydroxyl groups is 1. The molecule has 5 aliphatic rings. The second-order valence-electron chi connectivity index (χ2n) is 19.4. The number of carbonyl (C=O) groups excluding carboxylic acids is 1. The van der Waals surface area contributed by atoms with Crippen LogP contribution in [-0.2, 0) is 31.3 Å². The Morgan fingerprint density at radius 3 is 2.00 bits per heavy atom. The zero-order valence-electron chi connectivity index (χ0n) is 42.1. The van der Waals surface area contributed by atoms with Crippen molar-refractivity contribution in [2.45, 2.75) is 69.1 Å². The molecule has 1 fully saturated rings. The summed E-state index contributed by atoms with van der Waals surface area (Å²) in [5.41, 5.74) is 7.82. The maximum absolute atomic E-state index is 12.9. The van der Waals surface area contributed by atoms with Crippen LogP contribution in [0.25, 0.3) is 0 Å². The average Bonchev–Trinajstić information content (AvgIpc) is 3.39. The monoisotopic (exact) mass is 997 g/mol. The van der Waals surface area contributed by atoms with Crippen molar-refractivity contribution in [1.29, 1.82) is 0 Å². The van der Waals surface area contributed by atoms with Gasteiger partial charge in [-0.25, -0.2) is 4.39 Å². The molecule has 11 nitrogen and oxygen atoms in total. The van der Waals surface area contributed by atoms with Crippen LogP contribution in [0.3, 0.4) is 0 Å². The molecule has 2 atom stereocenters. The number of fused-ring (bicyclic) bond motifs is 2. The van der Waals surface area contributed by atoms with E-state index in [0.29, 0.717) is 70.1 Å². The van der Waals surface area contributed by atoms with E-state index in [-0.39, 0.29) is 23.7 Å². The van der Waals surface area contributed by atoms with Gasteiger partial charge < -0.3 is 38.4 Å². The first kappa shape index (κ1) is 50.8. The highest BCUT2D eigenvalue weighted by Crippen LogP contribution is 2.52. The van der Waals surface area contributed by atoms with Crippen LogP contribution < -0.4 is 28.4 Å². The molecule has 0 spiro atoms. The van der Waals surface area contributed by atoms with E-state index in [4.69, 9.17) is 40.0 Å². The van der Waals surface area contributed by atoms with Crippen LogP contribution in [0.4, 0.5) is 4.39 Å². The Hall–Kier alpha value is -6.15. The summed E-state index contributed by atoms with van der Waals surface area (Å²) in [5, 5.41) is 11.5. The molecule has 0 amide bonds. The molecule has 5 heterocycles. The third kappa shape index (κ3) is 11.1. The van der Waals surface area contributed by atoms with Crippen molar-refractivity contribution < 1.29 is 42.7 Å². The minimum Gasteiger partial charge on any atom is -0.493 e. The molecule has 1 N–H and O–H groups in total. The van der Waals surface area contributed by atoms with E-state index in [1.165, 1.54) is 46.5 Å². The van der Waals surface area contributed by atoms with Gasteiger partial charge >= 0.3 is 0 Å². The lowest BCUT2D eigenvalue weighted by Gasteiger charge is -2.38. The lowest BCUT2D eigenvalue weighted by molar-refractivity contribution is -0.0260. The number of methoxy groups -OCH3 is 4. The van der Waals surface area contributed by atoms with Gasteiger partial charge in [0.2, 0.25) is 5.75 Å². The van der Waals surface area contributed by atoms with Gasteiger partial charge in [-0.3, -0.25) is 14.6 Å². The molecule has 0 aromatic heterocycles. The van der Waals surface area contributed by atoms with Gasteiger partial charge in [-0.1, -0.05) is 41.9 Å². The number of rotatable bonds is 10. The molecule has 0 aliphatic carbocycles. The van der Waals surface area contributed by atoms with Gasteiger partial charge in [0.1, 0.15) is 11.6 Å². The molecule has 0 radical (unpaired) electrons. The van der Waals surface area contributed by atoms with Gasteiger partial charge in [0, 0.05) is 60.8 Å². The fourth-order valence-electron chi connectivity index (χ4n) is 10.7. The summed E-state index contributed by atoms with van der Waals surface area (Å²) in [5.74, 6) is 5.12. The molecule has 11 rings (SSSR count). The molecule has 1 saturated heterocycles. The second-order valence-corrected chi connectivity index (χ2v) is 19.8. The van der Waals surface area contributed by atoms with Crippen LogP contribution in [0.1, 0.15) is 87.1 Å². The Bertz CT molecular complexity index is 2850. The van der Waals surface area contributed by atoms with Crippen LogP contribution in [0, 0.1) is 5.82 Å². The zero-order chi connectivity index (χ0) is 50.5. The van der Waals surface area contributed by atoms with Crippen molar-refractivity contribution in [1.82, 2.24) is 14.7 Å². The first-order chi connectivity index (χ1) is 34.9. The predicted octanol–water partition coefficient (Wildman–Crippen LogP) is 11.6. The van der Waals surface area contributed by atoms with Gasteiger partial charge in [-0.15, -0.1) is 0 Å². The summed E-state index contributed by atoms with van der Waals surface area (Å²) in [6.45, 7) is 4.27. The summed E-state index contributed by atoms with van der Waals surface area (Å²) in [6.07, 6.45) is 5.91. The maximum atomic E-state index is 12.9. The van der Waals surface area contributed by atoms with Gasteiger partial charge in [-0.2, -0.15) is 0 Å². The number of ketones is 1. The standard InChI is InChI=1S/C38H42N2O6.C21H23ClFNO2/c1-39-15-13-25-20-32(42-4)34-22-28(25)29(39)17-23-7-10-27(11-8-23)45-33-19-24(9-12-31(33)41-3)18-30-36-26(14-16-40(30)2)21-35(43-5)37(44-6)38(36)46-34;22-18-7-5-17(6-8-18)21(26)11-14-24(15-12-21)13-1-2-20(25)16-3-9-19(23)10-4-16/h7-12,19-22,29-30H,13-18H2,1-6H3;3-10,26H,1-2,11-15H2. The largest absolute Gasteiger partial charge is 0.493 e. The number of Topliss-reactive ketones (excluding diaryl/α,β-unsaturated/α-hetero) is 1. The number of piperidine rings is 1. The molecule has 378 valence electrons. The number of carbonyl (C=O) groups is 1. The number of nitrogens with zero attached hydrogens (tertiary/aromatic N) is 3. The number of likely N-dealkylation sites (tertiary alicyclic amines) is 1. The summed E-state index contributed by atoms with van der Waals surface area (Å²) >= 11 is 5.92. The van der Waals surface area contributed by atoms with Crippen molar-refractivity contribution in [2.24, 2.45) is 0 Å². The molecule has 0 saturated carbocycles. The first-order valence-corrected chi connectivity index (χ1v) is 25.2. The van der Waals surface area contributed by atoms with E-state index >= 15 is 0 Å². The summed E-state index contributed by atoms with van der Waals surface area (Å²) < 4.78 is 50.0. The number of likely N-dealkylation sites (N-methyl/N-ethyl adjacent to an activating group) is 2. The van der Waals surface area contributed by atoms with E-state index in [1.54, 1.807) is 28.4 Å². The smallest absolute Gasteiger partial charge is 0.204 e. The van der Waals surface area contributed by atoms with Gasteiger partial charge in [0.05, 0.1) is 34.0 Å². The van der Waals surface area contributed by atoms with E-state index in [0.717, 1.165) is 87.3 Å². The Balaban J connectivity index is 0.000000209. The fraction of sp³-hybridized carbons (Fsp3) is 0.373. The van der Waals surface area contributed by atoms with E-state index < -0.39 is 5.60 Å². The van der Waals surface area contributed by atoms with Crippen molar-refractivity contribution in [3.63, 3.8) is 0 Å². The summed E-state index contributed by atoms with van der Waals surface area (Å²) in [7, 11) is 11.1. The number of ether oxygens (including phenoxy) is 6. The van der Waals surface area contributed by atoms with Gasteiger partial charge in [0.25, 0.3) is 0 Å². The lowest BCUT2D eigenvalue weighted by Crippen LogP contribution is -2.42. The molecule has 5 aliphatic heterocycles. The molecule has 72 heavy (non-hydrogen) atoms. The zero-order valence-corrected chi connectivity index (χ0v) is 42.9. The van der Waals surface area contributed by atoms with Crippen LogP contribution in [0.5, 0.6) is 46.0 Å². The second kappa shape index (κ2) is 22.3. The van der Waals surface area contributed by atoms with E-state index in [2.05, 4.69) is 71.3 Å². The molecule has 2 unspecified atom stereocenters. The minimum absolute atomic E-state index is 0.000437. The van der Waals surface area contributed by atoms with Crippen LogP contribution in [0.2, 0.25) is 5.02 Å². The molecule has 6 aromatic rings. The maximum Gasteiger partial charge on any atom is 0.204 e. The van der Waals surface area contributed by atoms with Crippen LogP contribution in [-0.4, -0.2) is 101 Å². The van der Waals surface area contributed by atoms with Crippen molar-refractivity contribution in [3.05, 3.63) is 165 Å². The van der Waals surface area contributed by atoms with Crippen molar-refractivity contribution >= 4 is 17.4 Å². The topological polar surface area (TPSA) is 102 Å². The fourth-order valence-corrected chi connectivity index (χ4v) is 10.8. The Morgan fingerprint density at radius 1 is 0.694 bits per heavy atom. The number of hydrogen-bond acceptors (Lipinski definition) is 11. The molecule has 13 heteroatoms. The highest BCUT2D eigenvalue weighted by atomic mass is 35.5. The lowest BCUT2D eigenvalue weighted by atomic mass is 9.84. The molecule has 6 aromatic carbocycles. The van der Waals surface area contributed by atoms with Crippen LogP contribution in [0.15, 0.2) is 109 Å². The molecular formula is C59H65ClFN3O8. The Labute approximate surface area is 427 Å². The first-order valence-electron chi connectivity index (χ1n) is 24.9.